The smallest absolute Gasteiger partial charge is 0.253 e. The molecular formula is C17H18N6O2. The van der Waals surface area contributed by atoms with E-state index in [4.69, 9.17) is 6.42 Å². The summed E-state index contributed by atoms with van der Waals surface area (Å²) in [5.74, 6) is 2.58. The molecule has 0 aromatic carbocycles. The predicted molar refractivity (Wildman–Crippen MR) is 93.0 cm³/mol. The van der Waals surface area contributed by atoms with Crippen molar-refractivity contribution in [1.29, 1.82) is 0 Å². The first-order valence-electron chi connectivity index (χ1n) is 7.83. The molecule has 1 aliphatic rings. The molecule has 3 heterocycles. The highest BCUT2D eigenvalue weighted by molar-refractivity contribution is 6.00. The molecule has 0 radical (unpaired) electrons. The van der Waals surface area contributed by atoms with Crippen LogP contribution in [0.25, 0.3) is 0 Å². The van der Waals surface area contributed by atoms with E-state index in [9.17, 15) is 9.59 Å². The van der Waals surface area contributed by atoms with E-state index in [0.29, 0.717) is 24.3 Å². The molecule has 25 heavy (non-hydrogen) atoms. The van der Waals surface area contributed by atoms with Crippen molar-refractivity contribution in [1.82, 2.24) is 20.1 Å². The molecule has 1 unspecified atom stereocenters. The Balaban J connectivity index is 1.62. The number of hydrogen-bond donors (Lipinski definition) is 2. The zero-order valence-corrected chi connectivity index (χ0v) is 13.8. The van der Waals surface area contributed by atoms with Gasteiger partial charge in [0.05, 0.1) is 24.0 Å². The monoisotopic (exact) mass is 338 g/mol. The Hall–Kier alpha value is -3.34. The number of nitrogens with one attached hydrogen (secondary N) is 2. The molecule has 0 spiro atoms. The second-order valence-electron chi connectivity index (χ2n) is 5.67. The SMILES string of the molecule is C#CCNC(=O)c1ccc(NC2CCN(c3cnn(C)c3)C2=O)nc1. The van der Waals surface area contributed by atoms with Gasteiger partial charge >= 0.3 is 0 Å². The number of carbonyl (C=O) groups is 2. The highest BCUT2D eigenvalue weighted by Crippen LogP contribution is 2.22. The van der Waals surface area contributed by atoms with Crippen molar-refractivity contribution in [2.24, 2.45) is 7.05 Å². The summed E-state index contributed by atoms with van der Waals surface area (Å²) in [4.78, 5) is 30.2. The number of hydrogen-bond acceptors (Lipinski definition) is 5. The summed E-state index contributed by atoms with van der Waals surface area (Å²) in [5.41, 5.74) is 1.20. The third kappa shape index (κ3) is 3.61. The minimum Gasteiger partial charge on any atom is -0.358 e. The van der Waals surface area contributed by atoms with Gasteiger partial charge in [-0.25, -0.2) is 4.98 Å². The second kappa shape index (κ2) is 7.05. The lowest BCUT2D eigenvalue weighted by Gasteiger charge is -2.15. The largest absolute Gasteiger partial charge is 0.358 e. The summed E-state index contributed by atoms with van der Waals surface area (Å²) in [6.45, 7) is 0.786. The molecule has 128 valence electrons. The van der Waals surface area contributed by atoms with Crippen molar-refractivity contribution in [3.63, 3.8) is 0 Å². The summed E-state index contributed by atoms with van der Waals surface area (Å²) in [6, 6.07) is 2.96. The molecule has 0 aliphatic carbocycles. The molecule has 8 heteroatoms. The van der Waals surface area contributed by atoms with E-state index in [1.165, 1.54) is 6.20 Å². The van der Waals surface area contributed by atoms with E-state index >= 15 is 0 Å². The van der Waals surface area contributed by atoms with Crippen LogP contribution < -0.4 is 15.5 Å². The van der Waals surface area contributed by atoms with Crippen molar-refractivity contribution in [2.75, 3.05) is 23.3 Å². The Bertz CT molecular complexity index is 820. The van der Waals surface area contributed by atoms with Crippen LogP contribution >= 0.6 is 0 Å². The Labute approximate surface area is 145 Å². The molecule has 1 saturated heterocycles. The van der Waals surface area contributed by atoms with Gasteiger partial charge in [-0.1, -0.05) is 5.92 Å². The number of anilines is 2. The lowest BCUT2D eigenvalue weighted by molar-refractivity contribution is -0.117. The number of rotatable bonds is 5. The van der Waals surface area contributed by atoms with E-state index < -0.39 is 0 Å². The fourth-order valence-electron chi connectivity index (χ4n) is 2.64. The van der Waals surface area contributed by atoms with E-state index in [1.54, 1.807) is 27.9 Å². The fourth-order valence-corrected chi connectivity index (χ4v) is 2.64. The number of terminal acetylenes is 1. The minimum absolute atomic E-state index is 0.0226. The number of aryl methyl sites for hydroxylation is 1. The van der Waals surface area contributed by atoms with Gasteiger partial charge in [0.1, 0.15) is 11.9 Å². The lowest BCUT2D eigenvalue weighted by Crippen LogP contribution is -2.33. The van der Waals surface area contributed by atoms with Gasteiger partial charge in [-0.15, -0.1) is 6.42 Å². The first-order chi connectivity index (χ1) is 12.1. The number of aromatic nitrogens is 3. The minimum atomic E-state index is -0.353. The molecule has 2 aromatic heterocycles. The third-order valence-corrected chi connectivity index (χ3v) is 3.91. The highest BCUT2D eigenvalue weighted by atomic mass is 16.2. The molecule has 0 bridgehead atoms. The maximum Gasteiger partial charge on any atom is 0.253 e. The summed E-state index contributed by atoms with van der Waals surface area (Å²) < 4.78 is 1.66. The van der Waals surface area contributed by atoms with Gasteiger partial charge in [0.25, 0.3) is 5.91 Å². The molecule has 1 fully saturated rings. The van der Waals surface area contributed by atoms with Gasteiger partial charge in [-0.2, -0.15) is 5.10 Å². The van der Waals surface area contributed by atoms with Crippen LogP contribution in [-0.2, 0) is 11.8 Å². The zero-order valence-electron chi connectivity index (χ0n) is 13.8. The van der Waals surface area contributed by atoms with E-state index in [1.807, 2.05) is 13.2 Å². The van der Waals surface area contributed by atoms with Gasteiger partial charge in [-0.3, -0.25) is 14.3 Å². The quantitative estimate of drug-likeness (QED) is 0.770. The van der Waals surface area contributed by atoms with E-state index in [2.05, 4.69) is 26.6 Å². The van der Waals surface area contributed by atoms with Crippen LogP contribution in [0.3, 0.4) is 0 Å². The third-order valence-electron chi connectivity index (χ3n) is 3.91. The Morgan fingerprint density at radius 3 is 2.92 bits per heavy atom. The van der Waals surface area contributed by atoms with E-state index in [0.717, 1.165) is 5.69 Å². The van der Waals surface area contributed by atoms with Crippen LogP contribution in [0.5, 0.6) is 0 Å². The maximum atomic E-state index is 12.5. The summed E-state index contributed by atoms with van der Waals surface area (Å²) in [7, 11) is 1.81. The second-order valence-corrected chi connectivity index (χ2v) is 5.67. The average molecular weight is 338 g/mol. The molecule has 8 nitrogen and oxygen atoms in total. The number of carbonyl (C=O) groups excluding carboxylic acids is 2. The first kappa shape index (κ1) is 16.5. The zero-order chi connectivity index (χ0) is 17.8. The van der Waals surface area contributed by atoms with Crippen LogP contribution in [0.4, 0.5) is 11.5 Å². The highest BCUT2D eigenvalue weighted by Gasteiger charge is 2.33. The van der Waals surface area contributed by atoms with Crippen molar-refractivity contribution in [3.05, 3.63) is 36.3 Å². The van der Waals surface area contributed by atoms with Crippen LogP contribution in [-0.4, -0.2) is 45.7 Å². The molecule has 2 amide bonds. The van der Waals surface area contributed by atoms with Crippen LogP contribution in [0.2, 0.25) is 0 Å². The van der Waals surface area contributed by atoms with Gasteiger partial charge in [0.15, 0.2) is 0 Å². The Kier molecular flexibility index (Phi) is 4.66. The molecule has 1 aliphatic heterocycles. The van der Waals surface area contributed by atoms with Gasteiger partial charge in [-0.05, 0) is 18.6 Å². The summed E-state index contributed by atoms with van der Waals surface area (Å²) in [6.07, 6.45) is 10.7. The molecule has 2 aromatic rings. The maximum absolute atomic E-state index is 12.5. The molecule has 3 rings (SSSR count). The summed E-state index contributed by atoms with van der Waals surface area (Å²) >= 11 is 0. The fraction of sp³-hybridized carbons (Fsp3) is 0.294. The number of amides is 2. The normalized spacial score (nSPS) is 16.6. The predicted octanol–water partition coefficient (Wildman–Crippen LogP) is 0.395. The molecule has 2 N–H and O–H groups in total. The average Bonchev–Trinajstić information content (AvgIpc) is 3.19. The van der Waals surface area contributed by atoms with Crippen molar-refractivity contribution in [3.8, 4) is 12.3 Å². The van der Waals surface area contributed by atoms with Crippen molar-refractivity contribution >= 4 is 23.3 Å². The van der Waals surface area contributed by atoms with E-state index in [-0.39, 0.29) is 24.4 Å². The van der Waals surface area contributed by atoms with Gasteiger partial charge < -0.3 is 15.5 Å². The lowest BCUT2D eigenvalue weighted by atomic mass is 10.2. The van der Waals surface area contributed by atoms with Gasteiger partial charge in [0, 0.05) is 26.0 Å². The van der Waals surface area contributed by atoms with Crippen molar-refractivity contribution < 1.29 is 9.59 Å². The topological polar surface area (TPSA) is 92.2 Å². The summed E-state index contributed by atoms with van der Waals surface area (Å²) in [5, 5.41) is 9.77. The molecular weight excluding hydrogens is 320 g/mol. The van der Waals surface area contributed by atoms with Gasteiger partial charge in [0.2, 0.25) is 5.91 Å². The Morgan fingerprint density at radius 2 is 2.28 bits per heavy atom. The van der Waals surface area contributed by atoms with Crippen LogP contribution in [0.15, 0.2) is 30.7 Å². The van der Waals surface area contributed by atoms with Crippen LogP contribution in [0, 0.1) is 12.3 Å². The number of nitrogens with zero attached hydrogens (tertiary/aromatic N) is 4. The number of pyridine rings is 1. The van der Waals surface area contributed by atoms with Crippen LogP contribution in [0.1, 0.15) is 16.8 Å². The molecule has 1 atom stereocenters. The standard InChI is InChI=1S/C17H18N6O2/c1-3-7-18-16(24)12-4-5-15(19-9-12)21-14-6-8-23(17(14)25)13-10-20-22(2)11-13/h1,4-5,9-11,14H,6-8H2,2H3,(H,18,24)(H,19,21). The van der Waals surface area contributed by atoms with Crippen molar-refractivity contribution in [2.45, 2.75) is 12.5 Å². The molecule has 0 saturated carbocycles. The first-order valence-corrected chi connectivity index (χ1v) is 7.83. The Morgan fingerprint density at radius 1 is 1.44 bits per heavy atom.